The first kappa shape index (κ1) is 13.3. The Morgan fingerprint density at radius 3 is 2.85 bits per heavy atom. The van der Waals surface area contributed by atoms with Crippen LogP contribution in [-0.4, -0.2) is 4.98 Å². The first-order valence-corrected chi connectivity index (χ1v) is 7.60. The number of hydrogen-bond acceptors (Lipinski definition) is 3. The first-order chi connectivity index (χ1) is 9.72. The zero-order chi connectivity index (χ0) is 13.9. The van der Waals surface area contributed by atoms with Crippen LogP contribution >= 0.6 is 23.4 Å². The average molecular weight is 301 g/mol. The van der Waals surface area contributed by atoms with E-state index in [1.165, 1.54) is 10.9 Å². The van der Waals surface area contributed by atoms with Crippen LogP contribution < -0.4 is 5.73 Å². The van der Waals surface area contributed by atoms with Crippen LogP contribution in [0.5, 0.6) is 0 Å². The summed E-state index contributed by atoms with van der Waals surface area (Å²) in [5.41, 5.74) is 8.62. The second-order valence-corrected chi connectivity index (χ2v) is 5.96. The van der Waals surface area contributed by atoms with E-state index in [1.54, 1.807) is 11.8 Å². The SMILES string of the molecule is Nc1ccc(SCc2ccc3ncccc3c2)cc1Cl. The maximum Gasteiger partial charge on any atom is 0.0702 e. The van der Waals surface area contributed by atoms with Crippen molar-refractivity contribution in [2.75, 3.05) is 5.73 Å². The third-order valence-electron chi connectivity index (χ3n) is 3.04. The molecular formula is C16H13ClN2S. The highest BCUT2D eigenvalue weighted by molar-refractivity contribution is 7.98. The van der Waals surface area contributed by atoms with Gasteiger partial charge in [0.15, 0.2) is 0 Å². The number of pyridine rings is 1. The summed E-state index contributed by atoms with van der Waals surface area (Å²) in [5.74, 6) is 0.894. The van der Waals surface area contributed by atoms with E-state index in [1.807, 2.05) is 30.5 Å². The van der Waals surface area contributed by atoms with E-state index < -0.39 is 0 Å². The second-order valence-electron chi connectivity index (χ2n) is 4.50. The van der Waals surface area contributed by atoms with Gasteiger partial charge >= 0.3 is 0 Å². The lowest BCUT2D eigenvalue weighted by Crippen LogP contribution is -1.86. The van der Waals surface area contributed by atoms with E-state index >= 15 is 0 Å². The van der Waals surface area contributed by atoms with E-state index in [-0.39, 0.29) is 0 Å². The maximum atomic E-state index is 6.03. The molecule has 0 bridgehead atoms. The Hall–Kier alpha value is -1.71. The molecule has 0 radical (unpaired) electrons. The standard InChI is InChI=1S/C16H13ClN2S/c17-14-9-13(4-5-15(14)18)20-10-11-3-6-16-12(8-11)2-1-7-19-16/h1-9H,10,18H2. The van der Waals surface area contributed by atoms with Crippen LogP contribution in [0.3, 0.4) is 0 Å². The molecule has 2 aromatic carbocycles. The molecule has 3 aromatic rings. The molecule has 0 aliphatic carbocycles. The van der Waals surface area contributed by atoms with Crippen molar-refractivity contribution in [2.45, 2.75) is 10.6 Å². The van der Waals surface area contributed by atoms with E-state index in [2.05, 4.69) is 29.2 Å². The van der Waals surface area contributed by atoms with Crippen molar-refractivity contribution in [2.24, 2.45) is 0 Å². The second kappa shape index (κ2) is 5.73. The molecule has 0 aliphatic rings. The number of aromatic nitrogens is 1. The predicted octanol–water partition coefficient (Wildman–Crippen LogP) is 4.76. The molecule has 2 nitrogen and oxygen atoms in total. The van der Waals surface area contributed by atoms with Crippen LogP contribution in [0.15, 0.2) is 59.6 Å². The number of nitrogen functional groups attached to an aromatic ring is 1. The van der Waals surface area contributed by atoms with E-state index in [9.17, 15) is 0 Å². The molecule has 1 aromatic heterocycles. The molecule has 3 rings (SSSR count). The molecule has 0 aliphatic heterocycles. The highest BCUT2D eigenvalue weighted by Crippen LogP contribution is 2.29. The molecular weight excluding hydrogens is 288 g/mol. The Morgan fingerprint density at radius 2 is 2.00 bits per heavy atom. The van der Waals surface area contributed by atoms with Gasteiger partial charge in [-0.1, -0.05) is 23.7 Å². The molecule has 0 unspecified atom stereocenters. The Bertz CT molecular complexity index is 758. The smallest absolute Gasteiger partial charge is 0.0702 e. The first-order valence-electron chi connectivity index (χ1n) is 6.24. The fourth-order valence-corrected chi connectivity index (χ4v) is 3.10. The summed E-state index contributed by atoms with van der Waals surface area (Å²) in [7, 11) is 0. The number of nitrogens with two attached hydrogens (primary N) is 1. The minimum atomic E-state index is 0.609. The van der Waals surface area contributed by atoms with Crippen LogP contribution in [0.25, 0.3) is 10.9 Å². The average Bonchev–Trinajstić information content (AvgIpc) is 2.48. The largest absolute Gasteiger partial charge is 0.398 e. The molecule has 20 heavy (non-hydrogen) atoms. The minimum Gasteiger partial charge on any atom is -0.398 e. The molecule has 1 heterocycles. The molecule has 0 spiro atoms. The van der Waals surface area contributed by atoms with Gasteiger partial charge in [-0.15, -0.1) is 11.8 Å². The zero-order valence-corrected chi connectivity index (χ0v) is 12.3. The highest BCUT2D eigenvalue weighted by Gasteiger charge is 2.01. The van der Waals surface area contributed by atoms with Crippen molar-refractivity contribution in [1.82, 2.24) is 4.98 Å². The molecule has 0 saturated carbocycles. The number of fused-ring (bicyclic) bond motifs is 1. The van der Waals surface area contributed by atoms with E-state index in [4.69, 9.17) is 17.3 Å². The highest BCUT2D eigenvalue weighted by atomic mass is 35.5. The molecule has 2 N–H and O–H groups in total. The number of nitrogens with zero attached hydrogens (tertiary/aromatic N) is 1. The van der Waals surface area contributed by atoms with Crippen LogP contribution in [-0.2, 0) is 5.75 Å². The fourth-order valence-electron chi connectivity index (χ4n) is 1.98. The Labute approximate surface area is 127 Å². The van der Waals surface area contributed by atoms with Crippen LogP contribution in [0.1, 0.15) is 5.56 Å². The van der Waals surface area contributed by atoms with Crippen molar-refractivity contribution < 1.29 is 0 Å². The lowest BCUT2D eigenvalue weighted by atomic mass is 10.1. The monoisotopic (exact) mass is 300 g/mol. The van der Waals surface area contributed by atoms with E-state index in [0.29, 0.717) is 10.7 Å². The minimum absolute atomic E-state index is 0.609. The quantitative estimate of drug-likeness (QED) is 0.560. The van der Waals surface area contributed by atoms with Crippen molar-refractivity contribution in [1.29, 1.82) is 0 Å². The zero-order valence-electron chi connectivity index (χ0n) is 10.7. The fraction of sp³-hybridized carbons (Fsp3) is 0.0625. The predicted molar refractivity (Wildman–Crippen MR) is 87.2 cm³/mol. The molecule has 0 saturated heterocycles. The number of rotatable bonds is 3. The van der Waals surface area contributed by atoms with Gasteiger partial charge in [-0.3, -0.25) is 4.98 Å². The summed E-state index contributed by atoms with van der Waals surface area (Å²) in [5, 5.41) is 1.78. The number of thioether (sulfide) groups is 1. The van der Waals surface area contributed by atoms with Crippen LogP contribution in [0, 0.1) is 0 Å². The topological polar surface area (TPSA) is 38.9 Å². The lowest BCUT2D eigenvalue weighted by Gasteiger charge is -2.05. The van der Waals surface area contributed by atoms with Gasteiger partial charge in [0.05, 0.1) is 16.2 Å². The molecule has 100 valence electrons. The normalized spacial score (nSPS) is 10.8. The summed E-state index contributed by atoms with van der Waals surface area (Å²) >= 11 is 7.77. The van der Waals surface area contributed by atoms with Gasteiger partial charge in [0.1, 0.15) is 0 Å². The van der Waals surface area contributed by atoms with Gasteiger partial charge in [0, 0.05) is 22.2 Å². The third-order valence-corrected chi connectivity index (χ3v) is 4.44. The van der Waals surface area contributed by atoms with Gasteiger partial charge < -0.3 is 5.73 Å². The van der Waals surface area contributed by atoms with Crippen LogP contribution in [0.4, 0.5) is 5.69 Å². The number of hydrogen-bond donors (Lipinski definition) is 1. The summed E-state index contributed by atoms with van der Waals surface area (Å²) in [4.78, 5) is 5.44. The third kappa shape index (κ3) is 2.89. The van der Waals surface area contributed by atoms with Crippen molar-refractivity contribution in [3.63, 3.8) is 0 Å². The Morgan fingerprint density at radius 1 is 1.10 bits per heavy atom. The molecule has 0 fully saturated rings. The van der Waals surface area contributed by atoms with Crippen LogP contribution in [0.2, 0.25) is 5.02 Å². The number of halogens is 1. The maximum absolute atomic E-state index is 6.03. The van der Waals surface area contributed by atoms with Gasteiger partial charge in [-0.05, 0) is 42.0 Å². The molecule has 0 amide bonds. The summed E-state index contributed by atoms with van der Waals surface area (Å²) in [6.07, 6.45) is 1.81. The van der Waals surface area contributed by atoms with Gasteiger partial charge in [-0.25, -0.2) is 0 Å². The molecule has 4 heteroatoms. The van der Waals surface area contributed by atoms with Gasteiger partial charge in [0.2, 0.25) is 0 Å². The summed E-state index contributed by atoms with van der Waals surface area (Å²) in [6, 6.07) is 16.1. The van der Waals surface area contributed by atoms with Gasteiger partial charge in [0.25, 0.3) is 0 Å². The Balaban J connectivity index is 1.77. The Kier molecular flexibility index (Phi) is 3.81. The van der Waals surface area contributed by atoms with Crippen molar-refractivity contribution in [3.8, 4) is 0 Å². The summed E-state index contributed by atoms with van der Waals surface area (Å²) in [6.45, 7) is 0. The molecule has 0 atom stereocenters. The van der Waals surface area contributed by atoms with Gasteiger partial charge in [-0.2, -0.15) is 0 Å². The van der Waals surface area contributed by atoms with Crippen molar-refractivity contribution >= 4 is 40.0 Å². The van der Waals surface area contributed by atoms with E-state index in [0.717, 1.165) is 16.2 Å². The van der Waals surface area contributed by atoms with Crippen molar-refractivity contribution in [3.05, 3.63) is 65.3 Å². The number of anilines is 1. The summed E-state index contributed by atoms with van der Waals surface area (Å²) < 4.78 is 0. The number of benzene rings is 2. The lowest BCUT2D eigenvalue weighted by molar-refractivity contribution is 1.37.